The van der Waals surface area contributed by atoms with Crippen LogP contribution in [0.25, 0.3) is 0 Å². The van der Waals surface area contributed by atoms with Gasteiger partial charge < -0.3 is 14.7 Å². The number of benzene rings is 1. The first kappa shape index (κ1) is 15.0. The summed E-state index contributed by atoms with van der Waals surface area (Å²) in [7, 11) is 0. The largest absolute Gasteiger partial charge is 0.479 e. The number of carbonyl (C=O) groups excluding carboxylic acids is 1. The molecule has 1 fully saturated rings. The van der Waals surface area contributed by atoms with Crippen molar-refractivity contribution < 1.29 is 19.4 Å². The molecule has 0 aliphatic carbocycles. The first-order chi connectivity index (χ1) is 10.7. The van der Waals surface area contributed by atoms with Gasteiger partial charge in [-0.1, -0.05) is 24.3 Å². The van der Waals surface area contributed by atoms with Gasteiger partial charge in [-0.05, 0) is 36.3 Å². The predicted molar refractivity (Wildman–Crippen MR) is 80.4 cm³/mol. The molecule has 0 bridgehead atoms. The normalized spacial score (nSPS) is 22.2. The van der Waals surface area contributed by atoms with Gasteiger partial charge in [0.15, 0.2) is 6.04 Å². The first-order valence-corrected chi connectivity index (χ1v) is 7.84. The van der Waals surface area contributed by atoms with E-state index in [0.717, 1.165) is 30.4 Å². The summed E-state index contributed by atoms with van der Waals surface area (Å²) in [6, 6.07) is 6.67. The lowest BCUT2D eigenvalue weighted by atomic mass is 9.90. The van der Waals surface area contributed by atoms with Crippen LogP contribution in [0.4, 0.5) is 0 Å². The molecule has 1 unspecified atom stereocenters. The van der Waals surface area contributed by atoms with Crippen molar-refractivity contribution in [2.45, 2.75) is 31.7 Å². The third-order valence-electron chi connectivity index (χ3n) is 4.64. The first-order valence-electron chi connectivity index (χ1n) is 7.84. The van der Waals surface area contributed by atoms with Crippen molar-refractivity contribution in [1.29, 1.82) is 0 Å². The van der Waals surface area contributed by atoms with E-state index in [1.165, 1.54) is 0 Å². The van der Waals surface area contributed by atoms with Gasteiger partial charge in [-0.2, -0.15) is 0 Å². The molecule has 2 aliphatic rings. The lowest BCUT2D eigenvalue weighted by molar-refractivity contribution is -0.152. The van der Waals surface area contributed by atoms with Gasteiger partial charge in [0.2, 0.25) is 5.91 Å². The van der Waals surface area contributed by atoms with Crippen molar-refractivity contribution in [3.05, 3.63) is 35.4 Å². The number of hydrogen-bond donors (Lipinski definition) is 1. The van der Waals surface area contributed by atoms with E-state index in [9.17, 15) is 14.7 Å². The van der Waals surface area contributed by atoms with E-state index >= 15 is 0 Å². The number of carboxylic acid groups (broad SMARTS) is 1. The molecule has 1 aromatic rings. The number of nitrogens with zero attached hydrogens (tertiary/aromatic N) is 1. The van der Waals surface area contributed by atoms with Crippen molar-refractivity contribution >= 4 is 11.9 Å². The number of rotatable bonds is 3. The molecule has 1 N–H and O–H groups in total. The average Bonchev–Trinajstić information content (AvgIpc) is 2.54. The van der Waals surface area contributed by atoms with Gasteiger partial charge in [0.05, 0.1) is 0 Å². The lowest BCUT2D eigenvalue weighted by Crippen LogP contribution is -2.44. The molecule has 22 heavy (non-hydrogen) atoms. The van der Waals surface area contributed by atoms with E-state index in [-0.39, 0.29) is 5.91 Å². The number of hydrogen-bond acceptors (Lipinski definition) is 3. The summed E-state index contributed by atoms with van der Waals surface area (Å²) in [4.78, 5) is 25.9. The fourth-order valence-corrected chi connectivity index (χ4v) is 3.42. The van der Waals surface area contributed by atoms with Crippen molar-refractivity contribution in [1.82, 2.24) is 4.90 Å². The molecular formula is C17H21NO4. The summed E-state index contributed by atoms with van der Waals surface area (Å²) in [5.41, 5.74) is 1.78. The Kier molecular flexibility index (Phi) is 4.43. The smallest absolute Gasteiger partial charge is 0.331 e. The molecule has 0 saturated carbocycles. The van der Waals surface area contributed by atoms with Gasteiger partial charge in [0.25, 0.3) is 0 Å². The Hall–Kier alpha value is -1.88. The molecule has 2 heterocycles. The van der Waals surface area contributed by atoms with Crippen LogP contribution in [0.5, 0.6) is 0 Å². The zero-order valence-corrected chi connectivity index (χ0v) is 12.5. The van der Waals surface area contributed by atoms with Crippen LogP contribution in [0.3, 0.4) is 0 Å². The number of fused-ring (bicyclic) bond motifs is 1. The van der Waals surface area contributed by atoms with E-state index in [4.69, 9.17) is 4.74 Å². The Bertz CT molecular complexity index is 566. The van der Waals surface area contributed by atoms with Crippen LogP contribution in [0.2, 0.25) is 0 Å². The van der Waals surface area contributed by atoms with Crippen LogP contribution in [-0.2, 0) is 20.7 Å². The van der Waals surface area contributed by atoms with Crippen LogP contribution in [0.15, 0.2) is 24.3 Å². The Morgan fingerprint density at radius 3 is 2.68 bits per heavy atom. The maximum Gasteiger partial charge on any atom is 0.331 e. The molecule has 1 saturated heterocycles. The highest BCUT2D eigenvalue weighted by atomic mass is 16.5. The Balaban J connectivity index is 1.77. The van der Waals surface area contributed by atoms with Crippen molar-refractivity contribution in [3.63, 3.8) is 0 Å². The molecule has 0 aromatic heterocycles. The van der Waals surface area contributed by atoms with Crippen LogP contribution in [-0.4, -0.2) is 41.6 Å². The van der Waals surface area contributed by atoms with Crippen LogP contribution in [0, 0.1) is 5.92 Å². The van der Waals surface area contributed by atoms with Crippen LogP contribution < -0.4 is 0 Å². The standard InChI is InChI=1S/C17H21NO4/c19-15(11-12-6-9-22-10-7-12)18-8-5-13-3-1-2-4-14(13)16(18)17(20)21/h1-4,12,16H,5-11H2,(H,20,21). The maximum atomic E-state index is 12.6. The number of ether oxygens (including phenoxy) is 1. The van der Waals surface area contributed by atoms with Gasteiger partial charge in [0, 0.05) is 26.2 Å². The fraction of sp³-hybridized carbons (Fsp3) is 0.529. The number of aliphatic carboxylic acids is 1. The van der Waals surface area contributed by atoms with Crippen molar-refractivity contribution in [2.24, 2.45) is 5.92 Å². The molecule has 0 spiro atoms. The lowest BCUT2D eigenvalue weighted by Gasteiger charge is -2.36. The van der Waals surface area contributed by atoms with E-state index in [0.29, 0.717) is 32.1 Å². The highest BCUT2D eigenvalue weighted by Crippen LogP contribution is 2.31. The van der Waals surface area contributed by atoms with E-state index in [1.807, 2.05) is 24.3 Å². The van der Waals surface area contributed by atoms with Gasteiger partial charge >= 0.3 is 5.97 Å². The highest BCUT2D eigenvalue weighted by molar-refractivity contribution is 5.85. The third-order valence-corrected chi connectivity index (χ3v) is 4.64. The summed E-state index contributed by atoms with van der Waals surface area (Å²) >= 11 is 0. The fourth-order valence-electron chi connectivity index (χ4n) is 3.42. The molecule has 1 amide bonds. The molecule has 5 heteroatoms. The predicted octanol–water partition coefficient (Wildman–Crippen LogP) is 2.01. The number of amides is 1. The van der Waals surface area contributed by atoms with Gasteiger partial charge in [-0.15, -0.1) is 0 Å². The van der Waals surface area contributed by atoms with E-state index < -0.39 is 12.0 Å². The molecule has 1 aromatic carbocycles. The van der Waals surface area contributed by atoms with Crippen molar-refractivity contribution in [3.8, 4) is 0 Å². The molecule has 5 nitrogen and oxygen atoms in total. The van der Waals surface area contributed by atoms with Crippen molar-refractivity contribution in [2.75, 3.05) is 19.8 Å². The molecular weight excluding hydrogens is 282 g/mol. The third kappa shape index (κ3) is 2.99. The van der Waals surface area contributed by atoms with Gasteiger partial charge in [0.1, 0.15) is 0 Å². The average molecular weight is 303 g/mol. The zero-order chi connectivity index (χ0) is 15.5. The molecule has 3 rings (SSSR count). The number of carboxylic acids is 1. The van der Waals surface area contributed by atoms with E-state index in [1.54, 1.807) is 4.90 Å². The summed E-state index contributed by atoms with van der Waals surface area (Å²) in [6.45, 7) is 1.88. The monoisotopic (exact) mass is 303 g/mol. The van der Waals surface area contributed by atoms with E-state index in [2.05, 4.69) is 0 Å². The molecule has 0 radical (unpaired) electrons. The second kappa shape index (κ2) is 6.48. The summed E-state index contributed by atoms with van der Waals surface area (Å²) in [5, 5.41) is 9.60. The zero-order valence-electron chi connectivity index (χ0n) is 12.5. The SMILES string of the molecule is O=C(O)C1c2ccccc2CCN1C(=O)CC1CCOCC1. The van der Waals surface area contributed by atoms with Gasteiger partial charge in [-0.3, -0.25) is 4.79 Å². The second-order valence-electron chi connectivity index (χ2n) is 6.04. The maximum absolute atomic E-state index is 12.6. The van der Waals surface area contributed by atoms with Crippen LogP contribution >= 0.6 is 0 Å². The minimum Gasteiger partial charge on any atom is -0.479 e. The molecule has 2 aliphatic heterocycles. The second-order valence-corrected chi connectivity index (χ2v) is 6.04. The minimum absolute atomic E-state index is 0.0474. The summed E-state index contributed by atoms with van der Waals surface area (Å²) < 4.78 is 5.31. The topological polar surface area (TPSA) is 66.8 Å². The summed E-state index contributed by atoms with van der Waals surface area (Å²) in [6.07, 6.45) is 2.91. The molecule has 1 atom stereocenters. The Labute approximate surface area is 129 Å². The number of carbonyl (C=O) groups is 2. The van der Waals surface area contributed by atoms with Crippen LogP contribution in [0.1, 0.15) is 36.4 Å². The summed E-state index contributed by atoms with van der Waals surface area (Å²) in [5.74, 6) is -0.686. The molecule has 118 valence electrons. The Morgan fingerprint density at radius 2 is 1.95 bits per heavy atom. The Morgan fingerprint density at radius 1 is 1.23 bits per heavy atom. The highest BCUT2D eigenvalue weighted by Gasteiger charge is 2.36. The quantitative estimate of drug-likeness (QED) is 0.927. The van der Waals surface area contributed by atoms with Gasteiger partial charge in [-0.25, -0.2) is 4.79 Å². The minimum atomic E-state index is -0.951.